The molecule has 0 fully saturated rings. The van der Waals surface area contributed by atoms with Gasteiger partial charge in [-0.15, -0.1) is 0 Å². The normalized spacial score (nSPS) is 11.6. The van der Waals surface area contributed by atoms with Crippen molar-refractivity contribution in [2.24, 2.45) is 0 Å². The molecule has 0 unspecified atom stereocenters. The third-order valence-corrected chi connectivity index (χ3v) is 4.77. The second kappa shape index (κ2) is 6.29. The van der Waals surface area contributed by atoms with E-state index in [-0.39, 0.29) is 23.0 Å². The molecule has 8 heteroatoms. The summed E-state index contributed by atoms with van der Waals surface area (Å²) in [4.78, 5) is 11.2. The second-order valence-corrected chi connectivity index (χ2v) is 6.52. The van der Waals surface area contributed by atoms with Crippen molar-refractivity contribution in [2.75, 3.05) is 14.2 Å². The molecular weight excluding hydrogens is 313 g/mol. The van der Waals surface area contributed by atoms with E-state index >= 15 is 0 Å². The van der Waals surface area contributed by atoms with Gasteiger partial charge in [-0.2, -0.15) is 4.31 Å². The van der Waals surface area contributed by atoms with Gasteiger partial charge in [-0.3, -0.25) is 0 Å². The number of hydrogen-bond donors (Lipinski definition) is 0. The first kappa shape index (κ1) is 16.2. The highest BCUT2D eigenvalue weighted by Crippen LogP contribution is 2.18. The van der Waals surface area contributed by atoms with E-state index in [2.05, 4.69) is 4.74 Å². The van der Waals surface area contributed by atoms with E-state index in [0.717, 1.165) is 16.4 Å². The molecule has 1 aromatic heterocycles. The highest BCUT2D eigenvalue weighted by atomic mass is 32.2. The van der Waals surface area contributed by atoms with Gasteiger partial charge in [-0.1, -0.05) is 0 Å². The lowest BCUT2D eigenvalue weighted by molar-refractivity contribution is 0.0562. The summed E-state index contributed by atoms with van der Waals surface area (Å²) in [7, 11) is -1.20. The Morgan fingerprint density at radius 1 is 1.23 bits per heavy atom. The number of furan rings is 1. The number of carbonyl (C=O) groups is 1. The second-order valence-electron chi connectivity index (χ2n) is 4.47. The van der Waals surface area contributed by atoms with Gasteiger partial charge in [0.2, 0.25) is 15.8 Å². The monoisotopic (exact) mass is 327 g/mol. The molecule has 0 radical (unpaired) electrons. The zero-order valence-electron chi connectivity index (χ0n) is 11.9. The Labute approximate surface area is 127 Å². The number of hydrogen-bond acceptors (Lipinski definition) is 5. The predicted octanol–water partition coefficient (Wildman–Crippen LogP) is 2.03. The molecule has 118 valence electrons. The van der Waals surface area contributed by atoms with Crippen LogP contribution in [0, 0.1) is 5.82 Å². The lowest BCUT2D eigenvalue weighted by atomic mass is 10.4. The summed E-state index contributed by atoms with van der Waals surface area (Å²) < 4.78 is 48.3. The fourth-order valence-corrected chi connectivity index (χ4v) is 2.90. The first-order valence-electron chi connectivity index (χ1n) is 6.23. The van der Waals surface area contributed by atoms with Crippen molar-refractivity contribution >= 4 is 16.0 Å². The van der Waals surface area contributed by atoms with Crippen molar-refractivity contribution in [3.8, 4) is 0 Å². The van der Waals surface area contributed by atoms with Gasteiger partial charge in [0.25, 0.3) is 0 Å². The van der Waals surface area contributed by atoms with Crippen molar-refractivity contribution in [3.05, 3.63) is 53.7 Å². The number of halogens is 1. The first-order valence-corrected chi connectivity index (χ1v) is 7.67. The largest absolute Gasteiger partial charge is 0.463 e. The van der Waals surface area contributed by atoms with Gasteiger partial charge in [0.15, 0.2) is 0 Å². The van der Waals surface area contributed by atoms with E-state index in [1.807, 2.05) is 0 Å². The van der Waals surface area contributed by atoms with Crippen LogP contribution >= 0.6 is 0 Å². The molecule has 0 aliphatic rings. The quantitative estimate of drug-likeness (QED) is 0.785. The number of sulfonamides is 1. The van der Waals surface area contributed by atoms with Crippen molar-refractivity contribution in [1.29, 1.82) is 0 Å². The number of methoxy groups -OCH3 is 1. The summed E-state index contributed by atoms with van der Waals surface area (Å²) in [6, 6.07) is 7.40. The Morgan fingerprint density at radius 2 is 1.86 bits per heavy atom. The maximum atomic E-state index is 12.9. The molecule has 0 bridgehead atoms. The van der Waals surface area contributed by atoms with Crippen molar-refractivity contribution in [2.45, 2.75) is 11.4 Å². The fraction of sp³-hybridized carbons (Fsp3) is 0.214. The molecule has 2 rings (SSSR count). The van der Waals surface area contributed by atoms with Crippen molar-refractivity contribution < 1.29 is 26.8 Å². The standard InChI is InChI=1S/C14H14FNO5S/c1-16(9-11-5-8-13(21-11)14(17)20-2)22(18,19)12-6-3-10(15)4-7-12/h3-8H,9H2,1-2H3. The Balaban J connectivity index is 2.17. The van der Waals surface area contributed by atoms with E-state index in [0.29, 0.717) is 0 Å². The Kier molecular flexibility index (Phi) is 4.62. The van der Waals surface area contributed by atoms with Crippen molar-refractivity contribution in [3.63, 3.8) is 0 Å². The summed E-state index contributed by atoms with van der Waals surface area (Å²) in [5.74, 6) is -0.885. The molecule has 22 heavy (non-hydrogen) atoms. The van der Waals surface area contributed by atoms with Crippen LogP contribution in [0.15, 0.2) is 45.7 Å². The van der Waals surface area contributed by atoms with Crippen LogP contribution in [-0.4, -0.2) is 32.8 Å². The van der Waals surface area contributed by atoms with Crippen molar-refractivity contribution in [1.82, 2.24) is 4.31 Å². The van der Waals surface area contributed by atoms with Gasteiger partial charge in [0.1, 0.15) is 11.6 Å². The summed E-state index contributed by atoms with van der Waals surface area (Å²) in [6.07, 6.45) is 0. The minimum atomic E-state index is -3.78. The van der Waals surface area contributed by atoms with Crippen LogP contribution in [0.25, 0.3) is 0 Å². The molecule has 0 saturated carbocycles. The first-order chi connectivity index (χ1) is 10.3. The van der Waals surface area contributed by atoms with Crippen LogP contribution in [0.3, 0.4) is 0 Å². The van der Waals surface area contributed by atoms with Crippen LogP contribution in [0.5, 0.6) is 0 Å². The van der Waals surface area contributed by atoms with Crippen LogP contribution in [0.2, 0.25) is 0 Å². The molecule has 0 aliphatic carbocycles. The average molecular weight is 327 g/mol. The van der Waals surface area contributed by atoms with E-state index < -0.39 is 21.8 Å². The molecule has 6 nitrogen and oxygen atoms in total. The molecule has 0 atom stereocenters. The molecular formula is C14H14FNO5S. The minimum absolute atomic E-state index is 0.00919. The smallest absolute Gasteiger partial charge is 0.373 e. The zero-order valence-corrected chi connectivity index (χ0v) is 12.8. The number of carbonyl (C=O) groups excluding carboxylic acids is 1. The lowest BCUT2D eigenvalue weighted by Gasteiger charge is -2.15. The minimum Gasteiger partial charge on any atom is -0.463 e. The van der Waals surface area contributed by atoms with Gasteiger partial charge < -0.3 is 9.15 Å². The number of nitrogens with zero attached hydrogens (tertiary/aromatic N) is 1. The summed E-state index contributed by atoms with van der Waals surface area (Å²) in [5, 5.41) is 0. The number of esters is 1. The Bertz CT molecular complexity index is 767. The molecule has 0 saturated heterocycles. The molecule has 0 aliphatic heterocycles. The van der Waals surface area contributed by atoms with E-state index in [1.165, 1.54) is 38.4 Å². The zero-order chi connectivity index (χ0) is 16.3. The van der Waals surface area contributed by atoms with Crippen LogP contribution in [0.1, 0.15) is 16.3 Å². The third kappa shape index (κ3) is 3.34. The Morgan fingerprint density at radius 3 is 2.45 bits per heavy atom. The summed E-state index contributed by atoms with van der Waals surface area (Å²) >= 11 is 0. The molecule has 1 aromatic carbocycles. The van der Waals surface area contributed by atoms with Crippen LogP contribution in [0.4, 0.5) is 4.39 Å². The summed E-state index contributed by atoms with van der Waals surface area (Å²) in [5.41, 5.74) is 0. The lowest BCUT2D eigenvalue weighted by Crippen LogP contribution is -2.26. The third-order valence-electron chi connectivity index (χ3n) is 2.95. The summed E-state index contributed by atoms with van der Waals surface area (Å²) in [6.45, 7) is -0.0727. The molecule has 1 heterocycles. The fourth-order valence-electron chi connectivity index (χ4n) is 1.76. The van der Waals surface area contributed by atoms with E-state index in [9.17, 15) is 17.6 Å². The van der Waals surface area contributed by atoms with Gasteiger partial charge in [0.05, 0.1) is 18.6 Å². The topological polar surface area (TPSA) is 76.8 Å². The van der Waals surface area contributed by atoms with Gasteiger partial charge in [-0.25, -0.2) is 17.6 Å². The molecule has 2 aromatic rings. The molecule has 0 amide bonds. The highest BCUT2D eigenvalue weighted by molar-refractivity contribution is 7.89. The van der Waals surface area contributed by atoms with Crippen LogP contribution in [-0.2, 0) is 21.3 Å². The average Bonchev–Trinajstić information content (AvgIpc) is 2.95. The Hall–Kier alpha value is -2.19. The maximum Gasteiger partial charge on any atom is 0.373 e. The van der Waals surface area contributed by atoms with E-state index in [4.69, 9.17) is 4.42 Å². The number of benzene rings is 1. The predicted molar refractivity (Wildman–Crippen MR) is 75.1 cm³/mol. The van der Waals surface area contributed by atoms with Gasteiger partial charge in [-0.05, 0) is 36.4 Å². The van der Waals surface area contributed by atoms with E-state index in [1.54, 1.807) is 0 Å². The SMILES string of the molecule is COC(=O)c1ccc(CN(C)S(=O)(=O)c2ccc(F)cc2)o1. The molecule has 0 N–H and O–H groups in total. The number of ether oxygens (including phenoxy) is 1. The van der Waals surface area contributed by atoms with Gasteiger partial charge >= 0.3 is 5.97 Å². The van der Waals surface area contributed by atoms with Crippen LogP contribution < -0.4 is 0 Å². The molecule has 0 spiro atoms. The number of rotatable bonds is 5. The maximum absolute atomic E-state index is 12.9. The highest BCUT2D eigenvalue weighted by Gasteiger charge is 2.22. The van der Waals surface area contributed by atoms with Gasteiger partial charge in [0, 0.05) is 7.05 Å².